The monoisotopic (exact) mass is 393 g/mol. The third kappa shape index (κ3) is 3.74. The van der Waals surface area contributed by atoms with Crippen molar-refractivity contribution < 1.29 is 4.92 Å². The summed E-state index contributed by atoms with van der Waals surface area (Å²) >= 11 is 3.15. The Morgan fingerprint density at radius 2 is 1.74 bits per heavy atom. The van der Waals surface area contributed by atoms with Crippen molar-refractivity contribution >= 4 is 34.0 Å². The number of aromatic nitrogens is 1. The van der Waals surface area contributed by atoms with Crippen molar-refractivity contribution in [3.8, 4) is 10.6 Å². The molecule has 0 spiro atoms. The molecule has 4 rings (SSSR count). The lowest BCUT2D eigenvalue weighted by Crippen LogP contribution is -2.16. The van der Waals surface area contributed by atoms with Crippen molar-refractivity contribution in [3.63, 3.8) is 0 Å². The van der Waals surface area contributed by atoms with Gasteiger partial charge in [-0.25, -0.2) is 4.99 Å². The van der Waals surface area contributed by atoms with E-state index in [9.17, 15) is 10.1 Å². The first-order valence-electron chi connectivity index (χ1n) is 8.26. The van der Waals surface area contributed by atoms with Gasteiger partial charge in [0.15, 0.2) is 4.80 Å². The lowest BCUT2D eigenvalue weighted by atomic mass is 10.2. The highest BCUT2D eigenvalue weighted by Crippen LogP contribution is 2.28. The van der Waals surface area contributed by atoms with Crippen molar-refractivity contribution in [1.82, 2.24) is 4.57 Å². The summed E-state index contributed by atoms with van der Waals surface area (Å²) in [5.74, 6) is 0. The van der Waals surface area contributed by atoms with Gasteiger partial charge in [0.25, 0.3) is 5.69 Å². The normalized spacial score (nSPS) is 11.6. The lowest BCUT2D eigenvalue weighted by molar-refractivity contribution is -0.384. The standard InChI is InChI=1S/C20H15N3O2S2/c24-23(25)17-10-5-4-9-16(17)21-20-22(13-15-7-2-1-3-8-15)18(14-27-20)19-11-6-12-26-19/h1-12,14H,13H2. The smallest absolute Gasteiger partial charge is 0.294 e. The summed E-state index contributed by atoms with van der Waals surface area (Å²) < 4.78 is 2.11. The molecule has 2 aromatic heterocycles. The van der Waals surface area contributed by atoms with E-state index < -0.39 is 4.92 Å². The molecular weight excluding hydrogens is 378 g/mol. The van der Waals surface area contributed by atoms with Gasteiger partial charge in [-0.05, 0) is 23.1 Å². The SMILES string of the molecule is O=[N+]([O-])c1ccccc1N=c1scc(-c2cccs2)n1Cc1ccccc1. The third-order valence-corrected chi connectivity index (χ3v) is 5.81. The van der Waals surface area contributed by atoms with Crippen LogP contribution in [0.2, 0.25) is 0 Å². The van der Waals surface area contributed by atoms with E-state index in [0.29, 0.717) is 12.2 Å². The van der Waals surface area contributed by atoms with Crippen molar-refractivity contribution in [3.05, 3.63) is 98.0 Å². The molecular formula is C20H15N3O2S2. The highest BCUT2D eigenvalue weighted by molar-refractivity contribution is 7.14. The zero-order chi connectivity index (χ0) is 18.6. The molecule has 7 heteroatoms. The molecule has 0 fully saturated rings. The zero-order valence-electron chi connectivity index (χ0n) is 14.2. The fourth-order valence-corrected chi connectivity index (χ4v) is 4.51. The molecule has 0 unspecified atom stereocenters. The van der Waals surface area contributed by atoms with Gasteiger partial charge in [0.05, 0.1) is 22.0 Å². The number of nitro benzene ring substituents is 1. The fourth-order valence-electron chi connectivity index (χ4n) is 2.78. The Morgan fingerprint density at radius 3 is 2.48 bits per heavy atom. The number of hydrogen-bond acceptors (Lipinski definition) is 5. The maximum Gasteiger partial charge on any atom is 0.294 e. The predicted molar refractivity (Wildman–Crippen MR) is 109 cm³/mol. The molecule has 2 aromatic carbocycles. The average molecular weight is 393 g/mol. The van der Waals surface area contributed by atoms with Crippen molar-refractivity contribution in [1.29, 1.82) is 0 Å². The van der Waals surface area contributed by atoms with Crippen LogP contribution in [-0.4, -0.2) is 9.49 Å². The summed E-state index contributed by atoms with van der Waals surface area (Å²) in [7, 11) is 0. The van der Waals surface area contributed by atoms with E-state index in [4.69, 9.17) is 0 Å². The number of nitro groups is 1. The van der Waals surface area contributed by atoms with Gasteiger partial charge in [0.1, 0.15) is 5.69 Å². The molecule has 27 heavy (non-hydrogen) atoms. The second-order valence-electron chi connectivity index (χ2n) is 5.81. The van der Waals surface area contributed by atoms with Crippen LogP contribution in [0, 0.1) is 10.1 Å². The summed E-state index contributed by atoms with van der Waals surface area (Å²) in [5.41, 5.74) is 2.59. The van der Waals surface area contributed by atoms with Crippen LogP contribution < -0.4 is 4.80 Å². The molecule has 0 N–H and O–H groups in total. The molecule has 5 nitrogen and oxygen atoms in total. The van der Waals surface area contributed by atoms with Crippen LogP contribution in [0.5, 0.6) is 0 Å². The number of para-hydroxylation sites is 2. The van der Waals surface area contributed by atoms with Crippen LogP contribution in [0.15, 0.2) is 82.5 Å². The molecule has 134 valence electrons. The minimum Gasteiger partial charge on any atom is -0.311 e. The molecule has 0 aliphatic heterocycles. The Hall–Kier alpha value is -3.03. The van der Waals surface area contributed by atoms with Crippen molar-refractivity contribution in [2.24, 2.45) is 4.99 Å². The van der Waals surface area contributed by atoms with Gasteiger partial charge in [-0.3, -0.25) is 10.1 Å². The van der Waals surface area contributed by atoms with E-state index >= 15 is 0 Å². The predicted octanol–water partition coefficient (Wildman–Crippen LogP) is 5.47. The highest BCUT2D eigenvalue weighted by Gasteiger charge is 2.14. The molecule has 0 saturated heterocycles. The highest BCUT2D eigenvalue weighted by atomic mass is 32.1. The van der Waals surface area contributed by atoms with Gasteiger partial charge >= 0.3 is 0 Å². The molecule has 0 bridgehead atoms. The van der Waals surface area contributed by atoms with Gasteiger partial charge in [-0.15, -0.1) is 22.7 Å². The molecule has 0 aliphatic carbocycles. The van der Waals surface area contributed by atoms with E-state index in [-0.39, 0.29) is 5.69 Å². The van der Waals surface area contributed by atoms with Crippen LogP contribution in [0.1, 0.15) is 5.56 Å². The van der Waals surface area contributed by atoms with Crippen molar-refractivity contribution in [2.75, 3.05) is 0 Å². The second kappa shape index (κ2) is 7.69. The third-order valence-electron chi connectivity index (χ3n) is 4.05. The summed E-state index contributed by atoms with van der Waals surface area (Å²) in [6.45, 7) is 0.650. The molecule has 0 saturated carbocycles. The minimum atomic E-state index is -0.395. The fraction of sp³-hybridized carbons (Fsp3) is 0.0500. The maximum atomic E-state index is 11.3. The zero-order valence-corrected chi connectivity index (χ0v) is 15.8. The Kier molecular flexibility index (Phi) is 4.95. The van der Waals surface area contributed by atoms with Crippen LogP contribution in [0.4, 0.5) is 11.4 Å². The Labute approximate surface area is 163 Å². The van der Waals surface area contributed by atoms with Crippen molar-refractivity contribution in [2.45, 2.75) is 6.54 Å². The molecule has 0 atom stereocenters. The summed E-state index contributed by atoms with van der Waals surface area (Å²) in [6.07, 6.45) is 0. The molecule has 0 amide bonds. The molecule has 0 aliphatic rings. The summed E-state index contributed by atoms with van der Waals surface area (Å²) in [6, 6.07) is 20.8. The minimum absolute atomic E-state index is 0.00911. The first-order valence-corrected chi connectivity index (χ1v) is 10.0. The summed E-state index contributed by atoms with van der Waals surface area (Å²) in [4.78, 5) is 17.4. The first kappa shape index (κ1) is 17.4. The quantitative estimate of drug-likeness (QED) is 0.333. The largest absolute Gasteiger partial charge is 0.311 e. The van der Waals surface area contributed by atoms with Crippen LogP contribution >= 0.6 is 22.7 Å². The lowest BCUT2D eigenvalue weighted by Gasteiger charge is -2.08. The first-order chi connectivity index (χ1) is 13.2. The number of rotatable bonds is 5. The van der Waals surface area contributed by atoms with Gasteiger partial charge < -0.3 is 4.57 Å². The molecule has 2 heterocycles. The maximum absolute atomic E-state index is 11.3. The average Bonchev–Trinajstić information content (AvgIpc) is 3.33. The molecule has 0 radical (unpaired) electrons. The van der Waals surface area contributed by atoms with Crippen LogP contribution in [-0.2, 0) is 6.54 Å². The Bertz CT molecular complexity index is 1130. The van der Waals surface area contributed by atoms with E-state index in [2.05, 4.69) is 33.1 Å². The van der Waals surface area contributed by atoms with E-state index in [0.717, 1.165) is 20.9 Å². The Balaban J connectivity index is 1.88. The van der Waals surface area contributed by atoms with Gasteiger partial charge in [-0.1, -0.05) is 48.5 Å². The Morgan fingerprint density at radius 1 is 0.963 bits per heavy atom. The summed E-state index contributed by atoms with van der Waals surface area (Å²) in [5, 5.41) is 15.4. The van der Waals surface area contributed by atoms with E-state index in [1.165, 1.54) is 17.4 Å². The topological polar surface area (TPSA) is 60.4 Å². The number of benzene rings is 2. The van der Waals surface area contributed by atoms with Gasteiger partial charge in [-0.2, -0.15) is 0 Å². The van der Waals surface area contributed by atoms with Gasteiger partial charge in [0.2, 0.25) is 0 Å². The second-order valence-corrected chi connectivity index (χ2v) is 7.59. The number of thiophene rings is 1. The number of thiazole rings is 1. The van der Waals surface area contributed by atoms with Gasteiger partial charge in [0, 0.05) is 11.4 Å². The van der Waals surface area contributed by atoms with E-state index in [1.807, 2.05) is 29.6 Å². The number of hydrogen-bond donors (Lipinski definition) is 0. The van der Waals surface area contributed by atoms with Crippen LogP contribution in [0.3, 0.4) is 0 Å². The number of nitrogens with zero attached hydrogens (tertiary/aromatic N) is 3. The van der Waals surface area contributed by atoms with Crippen LogP contribution in [0.25, 0.3) is 10.6 Å². The van der Waals surface area contributed by atoms with E-state index in [1.54, 1.807) is 29.5 Å². The molecule has 4 aromatic rings.